The minimum Gasteiger partial charge on any atom is -0.207 e. The van der Waals surface area contributed by atoms with Crippen LogP contribution in [-0.4, -0.2) is 0 Å². The standard InChI is InChI=1S/C14H12ClF.C2H6/c1-10-2-4-11(5-3-10)14(15)12-6-8-13(16)9-7-12;1-2/h2-9,14H,1H3;1-2H3. The van der Waals surface area contributed by atoms with Gasteiger partial charge in [0.1, 0.15) is 5.82 Å². The third-order valence-corrected chi connectivity index (χ3v) is 3.04. The molecule has 96 valence electrons. The summed E-state index contributed by atoms with van der Waals surface area (Å²) in [5.74, 6) is -0.239. The molecule has 2 aromatic carbocycles. The van der Waals surface area contributed by atoms with Crippen molar-refractivity contribution in [1.29, 1.82) is 0 Å². The van der Waals surface area contributed by atoms with E-state index in [4.69, 9.17) is 11.6 Å². The van der Waals surface area contributed by atoms with Gasteiger partial charge in [-0.25, -0.2) is 4.39 Å². The topological polar surface area (TPSA) is 0 Å². The van der Waals surface area contributed by atoms with Gasteiger partial charge in [0.15, 0.2) is 0 Å². The maximum Gasteiger partial charge on any atom is 0.123 e. The molecule has 0 saturated heterocycles. The third-order valence-electron chi connectivity index (χ3n) is 2.53. The van der Waals surface area contributed by atoms with Gasteiger partial charge < -0.3 is 0 Å². The lowest BCUT2D eigenvalue weighted by Gasteiger charge is -2.10. The molecular formula is C16H18ClF. The number of hydrogen-bond acceptors (Lipinski definition) is 0. The molecule has 0 aliphatic heterocycles. The Labute approximate surface area is 113 Å². The Kier molecular flexibility index (Phi) is 5.87. The van der Waals surface area contributed by atoms with Crippen molar-refractivity contribution in [2.24, 2.45) is 0 Å². The molecule has 1 atom stereocenters. The summed E-state index contributed by atoms with van der Waals surface area (Å²) in [4.78, 5) is 0. The van der Waals surface area contributed by atoms with E-state index < -0.39 is 0 Å². The van der Waals surface area contributed by atoms with Crippen LogP contribution in [0.2, 0.25) is 0 Å². The van der Waals surface area contributed by atoms with Crippen LogP contribution < -0.4 is 0 Å². The average Bonchev–Trinajstić information content (AvgIpc) is 2.42. The third kappa shape index (κ3) is 3.85. The summed E-state index contributed by atoms with van der Waals surface area (Å²) >= 11 is 6.31. The van der Waals surface area contributed by atoms with Crippen molar-refractivity contribution in [3.05, 3.63) is 71.0 Å². The summed E-state index contributed by atoms with van der Waals surface area (Å²) in [6.45, 7) is 6.03. The first-order chi connectivity index (χ1) is 8.66. The number of rotatable bonds is 2. The normalized spacial score (nSPS) is 11.4. The second-order valence-corrected chi connectivity index (χ2v) is 4.26. The first-order valence-electron chi connectivity index (χ1n) is 6.13. The van der Waals surface area contributed by atoms with E-state index in [1.807, 2.05) is 45.0 Å². The van der Waals surface area contributed by atoms with Crippen molar-refractivity contribution in [2.45, 2.75) is 26.1 Å². The summed E-state index contributed by atoms with van der Waals surface area (Å²) < 4.78 is 12.8. The Balaban J connectivity index is 0.000000771. The van der Waals surface area contributed by atoms with Crippen LogP contribution in [0, 0.1) is 12.7 Å². The minimum atomic E-state index is -0.239. The molecule has 0 aliphatic rings. The van der Waals surface area contributed by atoms with Crippen molar-refractivity contribution in [1.82, 2.24) is 0 Å². The molecule has 1 unspecified atom stereocenters. The van der Waals surface area contributed by atoms with Crippen LogP contribution >= 0.6 is 11.6 Å². The van der Waals surface area contributed by atoms with Crippen LogP contribution in [0.5, 0.6) is 0 Å². The van der Waals surface area contributed by atoms with Gasteiger partial charge >= 0.3 is 0 Å². The number of hydrogen-bond donors (Lipinski definition) is 0. The van der Waals surface area contributed by atoms with Gasteiger partial charge in [-0.3, -0.25) is 0 Å². The second-order valence-electron chi connectivity index (χ2n) is 3.82. The maximum absolute atomic E-state index is 12.8. The molecule has 0 amide bonds. The monoisotopic (exact) mass is 264 g/mol. The SMILES string of the molecule is CC.Cc1ccc(C(Cl)c2ccc(F)cc2)cc1. The van der Waals surface area contributed by atoms with Gasteiger partial charge in [-0.2, -0.15) is 0 Å². The van der Waals surface area contributed by atoms with Crippen LogP contribution in [0.3, 0.4) is 0 Å². The highest BCUT2D eigenvalue weighted by molar-refractivity contribution is 6.22. The highest BCUT2D eigenvalue weighted by Crippen LogP contribution is 2.28. The lowest BCUT2D eigenvalue weighted by atomic mass is 10.0. The predicted molar refractivity (Wildman–Crippen MR) is 76.6 cm³/mol. The lowest BCUT2D eigenvalue weighted by Crippen LogP contribution is -1.93. The highest BCUT2D eigenvalue weighted by atomic mass is 35.5. The zero-order valence-corrected chi connectivity index (χ0v) is 11.7. The Hall–Kier alpha value is -1.34. The smallest absolute Gasteiger partial charge is 0.123 e. The van der Waals surface area contributed by atoms with Gasteiger partial charge in [-0.05, 0) is 30.2 Å². The molecule has 0 aromatic heterocycles. The Morgan fingerprint density at radius 2 is 1.22 bits per heavy atom. The number of halogens is 2. The minimum absolute atomic E-state index is 0.221. The molecule has 18 heavy (non-hydrogen) atoms. The van der Waals surface area contributed by atoms with E-state index in [-0.39, 0.29) is 11.2 Å². The molecule has 0 bridgehead atoms. The first kappa shape index (κ1) is 14.7. The molecule has 0 heterocycles. The average molecular weight is 265 g/mol. The van der Waals surface area contributed by atoms with Crippen molar-refractivity contribution in [2.75, 3.05) is 0 Å². The molecule has 0 spiro atoms. The van der Waals surface area contributed by atoms with Gasteiger partial charge in [0.25, 0.3) is 0 Å². The summed E-state index contributed by atoms with van der Waals surface area (Å²) in [7, 11) is 0. The zero-order chi connectivity index (χ0) is 13.5. The molecule has 0 aliphatic carbocycles. The van der Waals surface area contributed by atoms with Gasteiger partial charge in [0.2, 0.25) is 0 Å². The molecule has 2 rings (SSSR count). The molecule has 0 saturated carbocycles. The van der Waals surface area contributed by atoms with Crippen molar-refractivity contribution in [3.8, 4) is 0 Å². The van der Waals surface area contributed by atoms with Crippen LogP contribution in [0.15, 0.2) is 48.5 Å². The number of alkyl halides is 1. The van der Waals surface area contributed by atoms with E-state index in [0.717, 1.165) is 11.1 Å². The second kappa shape index (κ2) is 7.17. The quantitative estimate of drug-likeness (QED) is 0.629. The summed E-state index contributed by atoms with van der Waals surface area (Å²) in [6.07, 6.45) is 0. The maximum atomic E-state index is 12.8. The van der Waals surface area contributed by atoms with Gasteiger partial charge in [-0.1, -0.05) is 55.8 Å². The van der Waals surface area contributed by atoms with E-state index >= 15 is 0 Å². The van der Waals surface area contributed by atoms with Crippen molar-refractivity contribution < 1.29 is 4.39 Å². The molecule has 2 heteroatoms. The summed E-state index contributed by atoms with van der Waals surface area (Å²) in [5, 5.41) is -0.221. The largest absolute Gasteiger partial charge is 0.207 e. The molecule has 0 nitrogen and oxygen atoms in total. The number of aryl methyl sites for hydroxylation is 1. The zero-order valence-electron chi connectivity index (χ0n) is 11.0. The fourth-order valence-corrected chi connectivity index (χ4v) is 1.85. The fourth-order valence-electron chi connectivity index (χ4n) is 1.56. The molecule has 0 N–H and O–H groups in total. The van der Waals surface area contributed by atoms with E-state index in [1.54, 1.807) is 12.1 Å². The van der Waals surface area contributed by atoms with Gasteiger partial charge in [0.05, 0.1) is 5.38 Å². The van der Waals surface area contributed by atoms with Crippen LogP contribution in [0.25, 0.3) is 0 Å². The lowest BCUT2D eigenvalue weighted by molar-refractivity contribution is 0.627. The van der Waals surface area contributed by atoms with Crippen molar-refractivity contribution in [3.63, 3.8) is 0 Å². The predicted octanol–water partition coefficient (Wildman–Crippen LogP) is 5.49. The van der Waals surface area contributed by atoms with Gasteiger partial charge in [-0.15, -0.1) is 11.6 Å². The molecular weight excluding hydrogens is 247 g/mol. The molecule has 0 radical (unpaired) electrons. The Morgan fingerprint density at radius 3 is 1.67 bits per heavy atom. The van der Waals surface area contributed by atoms with Crippen LogP contribution in [-0.2, 0) is 0 Å². The van der Waals surface area contributed by atoms with E-state index in [2.05, 4.69) is 0 Å². The fraction of sp³-hybridized carbons (Fsp3) is 0.250. The van der Waals surface area contributed by atoms with E-state index in [1.165, 1.54) is 17.7 Å². The van der Waals surface area contributed by atoms with E-state index in [9.17, 15) is 4.39 Å². The van der Waals surface area contributed by atoms with Gasteiger partial charge in [0, 0.05) is 0 Å². The number of benzene rings is 2. The van der Waals surface area contributed by atoms with Crippen LogP contribution in [0.4, 0.5) is 4.39 Å². The molecule has 2 aromatic rings. The first-order valence-corrected chi connectivity index (χ1v) is 6.56. The summed E-state index contributed by atoms with van der Waals surface area (Å²) in [6, 6.07) is 14.3. The van der Waals surface area contributed by atoms with Crippen molar-refractivity contribution >= 4 is 11.6 Å². The highest BCUT2D eigenvalue weighted by Gasteiger charge is 2.09. The summed E-state index contributed by atoms with van der Waals surface area (Å²) in [5.41, 5.74) is 3.14. The van der Waals surface area contributed by atoms with Crippen LogP contribution in [0.1, 0.15) is 35.9 Å². The van der Waals surface area contributed by atoms with E-state index in [0.29, 0.717) is 0 Å². The Bertz CT molecular complexity index is 414. The molecule has 0 fully saturated rings. The Morgan fingerprint density at radius 1 is 0.833 bits per heavy atom.